The van der Waals surface area contributed by atoms with Gasteiger partial charge in [0, 0.05) is 47.6 Å². The molecule has 278 valence electrons. The van der Waals surface area contributed by atoms with Gasteiger partial charge in [-0.3, -0.25) is 0 Å². The molecule has 0 N–H and O–H groups in total. The van der Waals surface area contributed by atoms with Crippen molar-refractivity contribution in [1.29, 1.82) is 0 Å². The van der Waals surface area contributed by atoms with Crippen molar-refractivity contribution in [3.8, 4) is 39.9 Å². The molecule has 13 rings (SSSR count). The highest BCUT2D eigenvalue weighted by Crippen LogP contribution is 2.45. The average Bonchev–Trinajstić information content (AvgIpc) is 3.86. The number of benzene rings is 10. The molecule has 13 aromatic rings. The van der Waals surface area contributed by atoms with Gasteiger partial charge in [-0.2, -0.15) is 0 Å². The second-order valence-electron chi connectivity index (χ2n) is 15.6. The van der Waals surface area contributed by atoms with Gasteiger partial charge in [-0.1, -0.05) is 146 Å². The highest BCUT2D eigenvalue weighted by Gasteiger charge is 2.22. The summed E-state index contributed by atoms with van der Waals surface area (Å²) in [6.45, 7) is 0. The maximum atomic E-state index is 5.36. The lowest BCUT2D eigenvalue weighted by Crippen LogP contribution is -2.01. The van der Waals surface area contributed by atoms with Gasteiger partial charge in [0.25, 0.3) is 0 Å². The molecule has 0 atom stereocenters. The van der Waals surface area contributed by atoms with Crippen LogP contribution in [0, 0.1) is 0 Å². The molecule has 0 aliphatic carbocycles. The fraction of sp³-hybridized carbons (Fsp3) is 0. The van der Waals surface area contributed by atoms with Crippen LogP contribution in [0.5, 0.6) is 0 Å². The minimum atomic E-state index is 0.644. The number of aromatic nitrogens is 4. The van der Waals surface area contributed by atoms with Gasteiger partial charge < -0.3 is 4.57 Å². The van der Waals surface area contributed by atoms with Crippen molar-refractivity contribution >= 4 is 96.4 Å². The number of hydrogen-bond acceptors (Lipinski definition) is 4. The lowest BCUT2D eigenvalue weighted by atomic mass is 10.00. The molecule has 0 fully saturated rings. The highest BCUT2D eigenvalue weighted by molar-refractivity contribution is 7.26. The van der Waals surface area contributed by atoms with Crippen molar-refractivity contribution < 1.29 is 0 Å². The molecule has 0 bridgehead atoms. The van der Waals surface area contributed by atoms with Gasteiger partial charge in [-0.25, -0.2) is 15.0 Å². The Balaban J connectivity index is 1.08. The summed E-state index contributed by atoms with van der Waals surface area (Å²) in [5, 5.41) is 14.5. The van der Waals surface area contributed by atoms with E-state index in [2.05, 4.69) is 199 Å². The predicted molar refractivity (Wildman–Crippen MR) is 253 cm³/mol. The molecule has 0 aliphatic heterocycles. The van der Waals surface area contributed by atoms with E-state index in [1.54, 1.807) is 11.3 Å². The van der Waals surface area contributed by atoms with E-state index in [4.69, 9.17) is 15.0 Å². The molecule has 5 heteroatoms. The molecule has 0 spiro atoms. The molecule has 4 nitrogen and oxygen atoms in total. The number of fused-ring (bicyclic) bond motifs is 11. The standard InChI is InChI=1S/C55H32N4S/c1-2-13-35-29-39(24-21-33(35)11-1)53-56-54(40-25-26-42-38(30-40)23-22-34-12-5-6-16-41(34)42)58-55(57-53)45-27-28-48(51-44-18-8-10-20-50(44)60-52(45)51)59-47-19-9-7-17-43(47)46-31-36-14-3-4-15-37(36)32-49(46)59/h1-32H. The monoisotopic (exact) mass is 780 g/mol. The van der Waals surface area contributed by atoms with Crippen molar-refractivity contribution in [2.45, 2.75) is 0 Å². The van der Waals surface area contributed by atoms with E-state index in [-0.39, 0.29) is 0 Å². The number of thiophene rings is 1. The number of nitrogens with zero attached hydrogens (tertiary/aromatic N) is 4. The Labute approximate surface area is 348 Å². The van der Waals surface area contributed by atoms with Crippen LogP contribution >= 0.6 is 11.3 Å². The first-order valence-electron chi connectivity index (χ1n) is 20.3. The molecule has 0 saturated carbocycles. The van der Waals surface area contributed by atoms with Crippen molar-refractivity contribution in [2.24, 2.45) is 0 Å². The number of hydrogen-bond donors (Lipinski definition) is 0. The molecule has 3 aromatic heterocycles. The Kier molecular flexibility index (Phi) is 7.14. The van der Waals surface area contributed by atoms with E-state index in [0.29, 0.717) is 17.5 Å². The van der Waals surface area contributed by atoms with Crippen molar-refractivity contribution in [1.82, 2.24) is 19.5 Å². The van der Waals surface area contributed by atoms with E-state index in [1.807, 2.05) is 0 Å². The maximum absolute atomic E-state index is 5.36. The minimum Gasteiger partial charge on any atom is -0.309 e. The molecule has 0 saturated heterocycles. The van der Waals surface area contributed by atoms with Crippen molar-refractivity contribution in [2.75, 3.05) is 0 Å². The number of rotatable bonds is 4. The Morgan fingerprint density at radius 3 is 1.73 bits per heavy atom. The molecule has 3 heterocycles. The third kappa shape index (κ3) is 5.06. The van der Waals surface area contributed by atoms with Gasteiger partial charge in [0.2, 0.25) is 0 Å². The van der Waals surface area contributed by atoms with E-state index >= 15 is 0 Å². The molecular weight excluding hydrogens is 749 g/mol. The summed E-state index contributed by atoms with van der Waals surface area (Å²) < 4.78 is 4.82. The van der Waals surface area contributed by atoms with Crippen LogP contribution in [0.25, 0.3) is 125 Å². The molecule has 60 heavy (non-hydrogen) atoms. The number of para-hydroxylation sites is 1. The Morgan fingerprint density at radius 1 is 0.350 bits per heavy atom. The van der Waals surface area contributed by atoms with E-state index in [0.717, 1.165) is 37.9 Å². The zero-order valence-corrected chi connectivity index (χ0v) is 33.0. The van der Waals surface area contributed by atoms with Gasteiger partial charge >= 0.3 is 0 Å². The lowest BCUT2D eigenvalue weighted by Gasteiger charge is -2.14. The zero-order valence-electron chi connectivity index (χ0n) is 32.2. The first-order valence-corrected chi connectivity index (χ1v) is 21.1. The minimum absolute atomic E-state index is 0.644. The van der Waals surface area contributed by atoms with Crippen LogP contribution in [0.4, 0.5) is 0 Å². The van der Waals surface area contributed by atoms with Crippen LogP contribution in [0.15, 0.2) is 194 Å². The van der Waals surface area contributed by atoms with Gasteiger partial charge in [-0.15, -0.1) is 11.3 Å². The molecule has 0 amide bonds. The largest absolute Gasteiger partial charge is 0.309 e. The smallest absolute Gasteiger partial charge is 0.165 e. The van der Waals surface area contributed by atoms with Crippen LogP contribution in [-0.4, -0.2) is 19.5 Å². The summed E-state index contributed by atoms with van der Waals surface area (Å²) in [5.41, 5.74) is 6.39. The van der Waals surface area contributed by atoms with Crippen LogP contribution < -0.4 is 0 Å². The topological polar surface area (TPSA) is 43.6 Å². The van der Waals surface area contributed by atoms with E-state index in [1.165, 1.54) is 69.6 Å². The summed E-state index contributed by atoms with van der Waals surface area (Å²) >= 11 is 1.80. The fourth-order valence-corrected chi connectivity index (χ4v) is 10.6. The normalized spacial score (nSPS) is 12.0. The Morgan fingerprint density at radius 2 is 0.917 bits per heavy atom. The van der Waals surface area contributed by atoms with Gasteiger partial charge in [0.05, 0.1) is 16.7 Å². The molecular formula is C55H32N4S. The Bertz CT molecular complexity index is 3910. The quantitative estimate of drug-likeness (QED) is 0.167. The van der Waals surface area contributed by atoms with Gasteiger partial charge in [0.15, 0.2) is 17.5 Å². The molecule has 0 radical (unpaired) electrons. The maximum Gasteiger partial charge on any atom is 0.165 e. The first-order chi connectivity index (χ1) is 29.7. The molecule has 10 aromatic carbocycles. The highest BCUT2D eigenvalue weighted by atomic mass is 32.1. The van der Waals surface area contributed by atoms with Gasteiger partial charge in [0.1, 0.15) is 0 Å². The third-order valence-corrected chi connectivity index (χ3v) is 13.4. The lowest BCUT2D eigenvalue weighted by molar-refractivity contribution is 1.08. The van der Waals surface area contributed by atoms with Crippen molar-refractivity contribution in [3.63, 3.8) is 0 Å². The van der Waals surface area contributed by atoms with Crippen molar-refractivity contribution in [3.05, 3.63) is 194 Å². The van der Waals surface area contributed by atoms with Gasteiger partial charge in [-0.05, 0) is 91.6 Å². The van der Waals surface area contributed by atoms with Crippen LogP contribution in [-0.2, 0) is 0 Å². The first kappa shape index (κ1) is 33.3. The van der Waals surface area contributed by atoms with Crippen LogP contribution in [0.3, 0.4) is 0 Å². The van der Waals surface area contributed by atoms with E-state index < -0.39 is 0 Å². The Hall–Kier alpha value is -7.73. The summed E-state index contributed by atoms with van der Waals surface area (Å²) in [5.74, 6) is 1.94. The molecule has 0 aliphatic rings. The second-order valence-corrected chi connectivity index (χ2v) is 16.6. The fourth-order valence-electron chi connectivity index (χ4n) is 9.32. The summed E-state index contributed by atoms with van der Waals surface area (Å²) in [4.78, 5) is 15.9. The zero-order chi connectivity index (χ0) is 39.3. The average molecular weight is 781 g/mol. The van der Waals surface area contributed by atoms with E-state index in [9.17, 15) is 0 Å². The summed E-state index contributed by atoms with van der Waals surface area (Å²) in [6, 6.07) is 69.8. The predicted octanol–water partition coefficient (Wildman–Crippen LogP) is 15.0. The van der Waals surface area contributed by atoms with Crippen LogP contribution in [0.2, 0.25) is 0 Å². The summed E-state index contributed by atoms with van der Waals surface area (Å²) in [6.07, 6.45) is 0. The van der Waals surface area contributed by atoms with Crippen LogP contribution in [0.1, 0.15) is 0 Å². The third-order valence-electron chi connectivity index (χ3n) is 12.2. The SMILES string of the molecule is c1ccc2cc(-c3nc(-c4ccc5c(ccc6ccccc65)c4)nc(-c4ccc(-n5c6ccccc6c6cc7ccccc7cc65)c5c4sc4ccccc45)n3)ccc2c1. The second kappa shape index (κ2) is 12.9. The summed E-state index contributed by atoms with van der Waals surface area (Å²) in [7, 11) is 0. The molecule has 0 unspecified atom stereocenters.